The summed E-state index contributed by atoms with van der Waals surface area (Å²) in [5.74, 6) is 0.859. The lowest BCUT2D eigenvalue weighted by atomic mass is 9.97. The molecule has 24 heavy (non-hydrogen) atoms. The van der Waals surface area contributed by atoms with Gasteiger partial charge >= 0.3 is 0 Å². The maximum atomic E-state index is 6.45. The molecule has 0 aromatic carbocycles. The molecular weight excluding hydrogens is 342 g/mol. The van der Waals surface area contributed by atoms with Gasteiger partial charge < -0.3 is 5.32 Å². The first-order valence-electron chi connectivity index (χ1n) is 8.14. The molecule has 0 saturated carbocycles. The second-order valence-electron chi connectivity index (χ2n) is 6.13. The maximum absolute atomic E-state index is 6.45. The van der Waals surface area contributed by atoms with E-state index in [1.54, 1.807) is 17.7 Å². The zero-order valence-corrected chi connectivity index (χ0v) is 14.5. The Kier molecular flexibility index (Phi) is 3.36. The second kappa shape index (κ2) is 5.58. The minimum atomic E-state index is 0.664. The van der Waals surface area contributed by atoms with Gasteiger partial charge in [-0.3, -0.25) is 5.01 Å². The first kappa shape index (κ1) is 14.5. The number of anilines is 1. The third kappa shape index (κ3) is 2.25. The van der Waals surface area contributed by atoms with E-state index in [1.165, 1.54) is 28.7 Å². The van der Waals surface area contributed by atoms with Crippen LogP contribution in [0, 0.1) is 0 Å². The fourth-order valence-corrected chi connectivity index (χ4v) is 4.92. The van der Waals surface area contributed by atoms with Crippen LogP contribution in [0.2, 0.25) is 0 Å². The molecule has 0 bridgehead atoms. The number of allylic oxidation sites excluding steroid dienone is 2. The summed E-state index contributed by atoms with van der Waals surface area (Å²) < 4.78 is 0. The zero-order chi connectivity index (χ0) is 16.1. The highest BCUT2D eigenvalue weighted by molar-refractivity contribution is 7.19. The van der Waals surface area contributed by atoms with Gasteiger partial charge in [0.1, 0.15) is 17.0 Å². The molecule has 0 radical (unpaired) electrons. The number of nitrogens with zero attached hydrogens (tertiary/aromatic N) is 3. The van der Waals surface area contributed by atoms with Crippen molar-refractivity contribution in [3.63, 3.8) is 0 Å². The van der Waals surface area contributed by atoms with Crippen LogP contribution >= 0.6 is 22.9 Å². The monoisotopic (exact) mass is 357 g/mol. The van der Waals surface area contributed by atoms with Gasteiger partial charge in [0.15, 0.2) is 0 Å². The van der Waals surface area contributed by atoms with Crippen LogP contribution in [0.5, 0.6) is 0 Å². The van der Waals surface area contributed by atoms with E-state index in [4.69, 9.17) is 11.6 Å². The molecule has 0 spiro atoms. The molecule has 0 amide bonds. The molecule has 5 rings (SSSR count). The lowest BCUT2D eigenvalue weighted by Gasteiger charge is -2.23. The van der Waals surface area contributed by atoms with Gasteiger partial charge in [-0.25, -0.2) is 15.4 Å². The van der Waals surface area contributed by atoms with Crippen LogP contribution in [0.3, 0.4) is 0 Å². The van der Waals surface area contributed by atoms with Crippen molar-refractivity contribution < 1.29 is 0 Å². The molecule has 122 valence electrons. The van der Waals surface area contributed by atoms with E-state index in [0.717, 1.165) is 41.4 Å². The Labute approximate surface area is 148 Å². The largest absolute Gasteiger partial charge is 0.338 e. The Balaban J connectivity index is 1.58. The summed E-state index contributed by atoms with van der Waals surface area (Å²) in [5.41, 5.74) is 6.61. The van der Waals surface area contributed by atoms with Crippen molar-refractivity contribution >= 4 is 39.0 Å². The zero-order valence-electron chi connectivity index (χ0n) is 13.0. The van der Waals surface area contributed by atoms with Crippen molar-refractivity contribution in [2.24, 2.45) is 0 Å². The van der Waals surface area contributed by atoms with Gasteiger partial charge in [-0.05, 0) is 43.4 Å². The van der Waals surface area contributed by atoms with Crippen LogP contribution in [0.25, 0.3) is 10.2 Å². The fourth-order valence-electron chi connectivity index (χ4n) is 3.49. The van der Waals surface area contributed by atoms with Gasteiger partial charge in [0.05, 0.1) is 21.8 Å². The van der Waals surface area contributed by atoms with E-state index in [-0.39, 0.29) is 0 Å². The highest BCUT2D eigenvalue weighted by Gasteiger charge is 2.23. The van der Waals surface area contributed by atoms with Gasteiger partial charge in [-0.15, -0.1) is 11.3 Å². The van der Waals surface area contributed by atoms with Crippen LogP contribution in [-0.2, 0) is 12.8 Å². The van der Waals surface area contributed by atoms with E-state index in [9.17, 15) is 0 Å². The van der Waals surface area contributed by atoms with Crippen molar-refractivity contribution in [1.82, 2.24) is 20.4 Å². The number of fused-ring (bicyclic) bond motifs is 4. The Hall–Kier alpha value is -1.89. The van der Waals surface area contributed by atoms with Crippen LogP contribution in [0.4, 0.5) is 5.82 Å². The molecule has 7 heteroatoms. The van der Waals surface area contributed by atoms with Crippen molar-refractivity contribution in [1.29, 1.82) is 0 Å². The molecule has 1 aliphatic carbocycles. The smallest absolute Gasteiger partial charge is 0.142 e. The number of halogens is 1. The van der Waals surface area contributed by atoms with Gasteiger partial charge in [-0.1, -0.05) is 11.6 Å². The first-order chi connectivity index (χ1) is 11.8. The highest BCUT2D eigenvalue weighted by Crippen LogP contribution is 2.39. The number of hydrogen-bond donors (Lipinski definition) is 2. The maximum Gasteiger partial charge on any atom is 0.142 e. The normalized spacial score (nSPS) is 19.5. The molecule has 0 atom stereocenters. The summed E-state index contributed by atoms with van der Waals surface area (Å²) in [6.45, 7) is 0.815. The Morgan fingerprint density at radius 2 is 2.17 bits per heavy atom. The van der Waals surface area contributed by atoms with E-state index in [0.29, 0.717) is 5.03 Å². The lowest BCUT2D eigenvalue weighted by Crippen LogP contribution is -2.28. The summed E-state index contributed by atoms with van der Waals surface area (Å²) in [6, 6.07) is 0. The Bertz CT molecular complexity index is 926. The summed E-state index contributed by atoms with van der Waals surface area (Å²) in [6.07, 6.45) is 12.5. The van der Waals surface area contributed by atoms with Crippen molar-refractivity contribution in [2.75, 3.05) is 11.9 Å². The van der Waals surface area contributed by atoms with Crippen LogP contribution < -0.4 is 10.7 Å². The summed E-state index contributed by atoms with van der Waals surface area (Å²) >= 11 is 8.25. The lowest BCUT2D eigenvalue weighted by molar-refractivity contribution is 0.393. The molecule has 0 fully saturated rings. The standard InChI is InChI=1S/C17H16ClN5S/c18-12-8-23-10(5-6-21-23)7-13(12)22-16-15-11-3-1-2-4-14(11)24-17(15)20-9-19-16/h5,7-9,21H,1-4,6H2,(H,19,20,22). The molecule has 2 aromatic heterocycles. The molecule has 2 aliphatic heterocycles. The van der Waals surface area contributed by atoms with Crippen LogP contribution in [-0.4, -0.2) is 21.5 Å². The van der Waals surface area contributed by atoms with Crippen LogP contribution in [0.1, 0.15) is 23.3 Å². The number of hydrogen-bond acceptors (Lipinski definition) is 6. The SMILES string of the molecule is ClC1=CN2NCC=C2C=C1Nc1ncnc2sc3c(c12)CCCC3. The number of aryl methyl sites for hydroxylation is 2. The molecule has 2 aromatic rings. The van der Waals surface area contributed by atoms with E-state index in [2.05, 4.69) is 32.9 Å². The predicted octanol–water partition coefficient (Wildman–Crippen LogP) is 3.66. The average Bonchev–Trinajstić information content (AvgIpc) is 3.19. The van der Waals surface area contributed by atoms with Gasteiger partial charge in [0.25, 0.3) is 0 Å². The second-order valence-corrected chi connectivity index (χ2v) is 7.63. The fraction of sp³-hybridized carbons (Fsp3) is 0.294. The molecule has 0 saturated heterocycles. The predicted molar refractivity (Wildman–Crippen MR) is 97.6 cm³/mol. The number of rotatable bonds is 2. The quantitative estimate of drug-likeness (QED) is 0.859. The summed E-state index contributed by atoms with van der Waals surface area (Å²) in [5, 5.41) is 7.22. The number of hydrazine groups is 1. The molecule has 0 unspecified atom stereocenters. The Morgan fingerprint density at radius 3 is 3.12 bits per heavy atom. The van der Waals surface area contributed by atoms with E-state index >= 15 is 0 Å². The number of aromatic nitrogens is 2. The minimum Gasteiger partial charge on any atom is -0.338 e. The Morgan fingerprint density at radius 1 is 1.25 bits per heavy atom. The third-order valence-corrected chi connectivity index (χ3v) is 6.15. The van der Waals surface area contributed by atoms with Crippen molar-refractivity contribution in [3.8, 4) is 0 Å². The van der Waals surface area contributed by atoms with E-state index < -0.39 is 0 Å². The van der Waals surface area contributed by atoms with Crippen LogP contribution in [0.15, 0.2) is 41.1 Å². The molecule has 2 N–H and O–H groups in total. The first-order valence-corrected chi connectivity index (χ1v) is 9.33. The average molecular weight is 358 g/mol. The molecular formula is C17H16ClN5S. The topological polar surface area (TPSA) is 53.1 Å². The van der Waals surface area contributed by atoms with Gasteiger partial charge in [0.2, 0.25) is 0 Å². The highest BCUT2D eigenvalue weighted by atomic mass is 35.5. The van der Waals surface area contributed by atoms with Crippen molar-refractivity contribution in [2.45, 2.75) is 25.7 Å². The summed E-state index contributed by atoms with van der Waals surface area (Å²) in [4.78, 5) is 11.5. The van der Waals surface area contributed by atoms with Crippen molar-refractivity contribution in [3.05, 3.63) is 51.5 Å². The summed E-state index contributed by atoms with van der Waals surface area (Å²) in [7, 11) is 0. The molecule has 5 nitrogen and oxygen atoms in total. The number of nitrogens with one attached hydrogen (secondary N) is 2. The molecule has 3 aliphatic rings. The van der Waals surface area contributed by atoms with Gasteiger partial charge in [-0.2, -0.15) is 0 Å². The minimum absolute atomic E-state index is 0.664. The van der Waals surface area contributed by atoms with E-state index in [1.807, 2.05) is 11.2 Å². The van der Waals surface area contributed by atoms with Gasteiger partial charge in [0, 0.05) is 17.6 Å². The molecule has 4 heterocycles. The third-order valence-electron chi connectivity index (χ3n) is 4.65. The number of thiophene rings is 1.